The minimum absolute atomic E-state index is 0.00449. The van der Waals surface area contributed by atoms with Crippen LogP contribution in [0.25, 0.3) is 11.0 Å². The van der Waals surface area contributed by atoms with E-state index in [1.165, 1.54) is 18.1 Å². The molecule has 8 nitrogen and oxygen atoms in total. The predicted molar refractivity (Wildman–Crippen MR) is 130 cm³/mol. The van der Waals surface area contributed by atoms with Gasteiger partial charge in [-0.15, -0.1) is 0 Å². The lowest BCUT2D eigenvalue weighted by molar-refractivity contribution is 0.0905. The van der Waals surface area contributed by atoms with Crippen LogP contribution in [0.4, 0.5) is 5.69 Å². The first kappa shape index (κ1) is 22.7. The molecule has 2 aromatic carbocycles. The molecule has 0 aliphatic heterocycles. The van der Waals surface area contributed by atoms with Crippen LogP contribution in [-0.2, 0) is 16.4 Å². The van der Waals surface area contributed by atoms with E-state index in [2.05, 4.69) is 19.9 Å². The van der Waals surface area contributed by atoms with Crippen molar-refractivity contribution in [3.63, 3.8) is 0 Å². The SMILES string of the molecule is Cc1ccc(C)c(S(=O)(=O)Nc2cc(Sc3ncn[nH]3)c3oc4c(c3c2)C(=O)CC(C)(C)C4)c1. The molecule has 1 aliphatic rings. The Morgan fingerprint density at radius 1 is 1.15 bits per heavy atom. The smallest absolute Gasteiger partial charge is 0.262 e. The number of hydrogen-bond donors (Lipinski definition) is 2. The van der Waals surface area contributed by atoms with E-state index in [1.54, 1.807) is 31.2 Å². The van der Waals surface area contributed by atoms with Gasteiger partial charge in [-0.3, -0.25) is 14.6 Å². The summed E-state index contributed by atoms with van der Waals surface area (Å²) in [5.41, 5.74) is 2.70. The van der Waals surface area contributed by atoms with Gasteiger partial charge in [-0.05, 0) is 60.4 Å². The highest BCUT2D eigenvalue weighted by molar-refractivity contribution is 7.99. The van der Waals surface area contributed by atoms with Crippen LogP contribution < -0.4 is 4.72 Å². The van der Waals surface area contributed by atoms with E-state index < -0.39 is 10.0 Å². The van der Waals surface area contributed by atoms with E-state index in [4.69, 9.17) is 4.42 Å². The van der Waals surface area contributed by atoms with Crippen LogP contribution in [0, 0.1) is 19.3 Å². The Bertz CT molecular complexity index is 1540. The van der Waals surface area contributed by atoms with Gasteiger partial charge in [-0.25, -0.2) is 13.4 Å². The zero-order valence-electron chi connectivity index (χ0n) is 19.2. The molecule has 10 heteroatoms. The molecular formula is C24H24N4O4S2. The van der Waals surface area contributed by atoms with Crippen molar-refractivity contribution in [3.05, 3.63) is 59.1 Å². The molecule has 0 saturated carbocycles. The number of carbonyl (C=O) groups excluding carboxylic acids is 1. The summed E-state index contributed by atoms with van der Waals surface area (Å²) in [6, 6.07) is 8.68. The average Bonchev–Trinajstić information content (AvgIpc) is 3.36. The van der Waals surface area contributed by atoms with Crippen LogP contribution >= 0.6 is 11.8 Å². The van der Waals surface area contributed by atoms with Gasteiger partial charge >= 0.3 is 0 Å². The quantitative estimate of drug-likeness (QED) is 0.386. The average molecular weight is 497 g/mol. The normalized spacial score (nSPS) is 15.5. The highest BCUT2D eigenvalue weighted by atomic mass is 32.2. The number of furan rings is 1. The maximum absolute atomic E-state index is 13.3. The van der Waals surface area contributed by atoms with Crippen LogP contribution in [0.15, 0.2) is 56.0 Å². The summed E-state index contributed by atoms with van der Waals surface area (Å²) >= 11 is 1.26. The first-order valence-corrected chi connectivity index (χ1v) is 13.1. The van der Waals surface area contributed by atoms with Gasteiger partial charge < -0.3 is 4.42 Å². The number of carbonyl (C=O) groups is 1. The third-order valence-electron chi connectivity index (χ3n) is 5.87. The van der Waals surface area contributed by atoms with Crippen molar-refractivity contribution in [1.82, 2.24) is 15.2 Å². The second kappa shape index (κ2) is 7.99. The molecule has 0 spiro atoms. The lowest BCUT2D eigenvalue weighted by atomic mass is 9.76. The van der Waals surface area contributed by atoms with Crippen molar-refractivity contribution in [1.29, 1.82) is 0 Å². The number of fused-ring (bicyclic) bond motifs is 3. The first-order chi connectivity index (χ1) is 16.0. The minimum atomic E-state index is -3.86. The molecule has 5 rings (SSSR count). The van der Waals surface area contributed by atoms with Crippen LogP contribution in [0.3, 0.4) is 0 Å². The van der Waals surface area contributed by atoms with Crippen molar-refractivity contribution in [2.75, 3.05) is 4.72 Å². The fourth-order valence-electron chi connectivity index (χ4n) is 4.36. The number of sulfonamides is 1. The van der Waals surface area contributed by atoms with Crippen molar-refractivity contribution in [2.24, 2.45) is 5.41 Å². The zero-order chi connectivity index (χ0) is 24.3. The number of Topliss-reactive ketones (excluding diaryl/α,β-unsaturated/α-hetero) is 1. The molecule has 2 heterocycles. The van der Waals surface area contributed by atoms with Crippen LogP contribution in [0.5, 0.6) is 0 Å². The number of nitrogens with zero attached hydrogens (tertiary/aromatic N) is 2. The summed E-state index contributed by atoms with van der Waals surface area (Å²) in [5.74, 6) is 0.625. The maximum atomic E-state index is 13.3. The number of hydrogen-bond acceptors (Lipinski definition) is 7. The Morgan fingerprint density at radius 2 is 1.94 bits per heavy atom. The lowest BCUT2D eigenvalue weighted by Crippen LogP contribution is -2.25. The van der Waals surface area contributed by atoms with Gasteiger partial charge in [0.15, 0.2) is 10.9 Å². The molecule has 0 bridgehead atoms. The molecule has 2 N–H and O–H groups in total. The molecule has 0 saturated heterocycles. The van der Waals surface area contributed by atoms with Gasteiger partial charge in [0.2, 0.25) is 0 Å². The molecule has 0 unspecified atom stereocenters. The van der Waals surface area contributed by atoms with E-state index in [0.29, 0.717) is 56.4 Å². The number of aromatic amines is 1. The van der Waals surface area contributed by atoms with Crippen molar-refractivity contribution in [3.8, 4) is 0 Å². The summed E-state index contributed by atoms with van der Waals surface area (Å²) in [6.45, 7) is 7.68. The molecule has 4 aromatic rings. The Labute approximate surface area is 201 Å². The highest BCUT2D eigenvalue weighted by Gasteiger charge is 2.36. The van der Waals surface area contributed by atoms with Gasteiger partial charge in [0.25, 0.3) is 10.0 Å². The second-order valence-electron chi connectivity index (χ2n) is 9.46. The molecule has 34 heavy (non-hydrogen) atoms. The van der Waals surface area contributed by atoms with E-state index in [0.717, 1.165) is 5.56 Å². The van der Waals surface area contributed by atoms with E-state index >= 15 is 0 Å². The van der Waals surface area contributed by atoms with Gasteiger partial charge in [-0.2, -0.15) is 5.10 Å². The first-order valence-electron chi connectivity index (χ1n) is 10.8. The monoisotopic (exact) mass is 496 g/mol. The summed E-state index contributed by atoms with van der Waals surface area (Å²) in [4.78, 5) is 18.1. The van der Waals surface area contributed by atoms with Crippen LogP contribution in [-0.4, -0.2) is 29.4 Å². The number of aromatic nitrogens is 3. The fourth-order valence-corrected chi connectivity index (χ4v) is 6.57. The zero-order valence-corrected chi connectivity index (χ0v) is 20.9. The molecule has 0 amide bonds. The second-order valence-corrected chi connectivity index (χ2v) is 12.1. The van der Waals surface area contributed by atoms with Crippen molar-refractivity contribution < 1.29 is 17.6 Å². The van der Waals surface area contributed by atoms with E-state index in [1.807, 2.05) is 26.8 Å². The topological polar surface area (TPSA) is 118 Å². The van der Waals surface area contributed by atoms with Gasteiger partial charge in [0.1, 0.15) is 17.7 Å². The highest BCUT2D eigenvalue weighted by Crippen LogP contribution is 2.44. The molecular weight excluding hydrogens is 472 g/mol. The van der Waals surface area contributed by atoms with Gasteiger partial charge in [-0.1, -0.05) is 26.0 Å². The summed E-state index contributed by atoms with van der Waals surface area (Å²) in [6.07, 6.45) is 2.42. The third-order valence-corrected chi connectivity index (χ3v) is 8.31. The van der Waals surface area contributed by atoms with Crippen molar-refractivity contribution in [2.45, 2.75) is 55.5 Å². The molecule has 1 aliphatic carbocycles. The summed E-state index contributed by atoms with van der Waals surface area (Å²) in [5, 5.41) is 7.80. The largest absolute Gasteiger partial charge is 0.459 e. The number of benzene rings is 2. The summed E-state index contributed by atoms with van der Waals surface area (Å²) < 4.78 is 35.5. The number of rotatable bonds is 5. The number of ketones is 1. The van der Waals surface area contributed by atoms with Crippen molar-refractivity contribution >= 4 is 44.2 Å². The molecule has 0 fully saturated rings. The van der Waals surface area contributed by atoms with E-state index in [9.17, 15) is 13.2 Å². The number of H-pyrrole nitrogens is 1. The minimum Gasteiger partial charge on any atom is -0.459 e. The third kappa shape index (κ3) is 4.12. The number of anilines is 1. The summed E-state index contributed by atoms with van der Waals surface area (Å²) in [7, 11) is -3.86. The Kier molecular flexibility index (Phi) is 5.33. The molecule has 0 radical (unpaired) electrons. The number of aryl methyl sites for hydroxylation is 2. The fraction of sp³-hybridized carbons (Fsp3) is 0.292. The maximum Gasteiger partial charge on any atom is 0.262 e. The Hall–Kier alpha value is -3.11. The predicted octanol–water partition coefficient (Wildman–Crippen LogP) is 5.27. The van der Waals surface area contributed by atoms with Crippen LogP contribution in [0.1, 0.15) is 47.5 Å². The van der Waals surface area contributed by atoms with E-state index in [-0.39, 0.29) is 16.1 Å². The lowest BCUT2D eigenvalue weighted by Gasteiger charge is -2.27. The molecule has 0 atom stereocenters. The van der Waals surface area contributed by atoms with Crippen LogP contribution in [0.2, 0.25) is 0 Å². The molecule has 2 aromatic heterocycles. The Balaban J connectivity index is 1.66. The molecule has 176 valence electrons. The Morgan fingerprint density at radius 3 is 2.68 bits per heavy atom. The number of nitrogens with one attached hydrogen (secondary N) is 2. The van der Waals surface area contributed by atoms with Gasteiger partial charge in [0, 0.05) is 18.2 Å². The standard InChI is InChI=1S/C24H24N4O4S2/c1-13-5-6-14(2)20(7-13)34(30,31)28-15-8-16-21-17(29)10-24(3,4)11-18(21)32-22(16)19(9-15)33-23-25-12-26-27-23/h5-9,12,28H,10-11H2,1-4H3,(H,25,26,27). The van der Waals surface area contributed by atoms with Gasteiger partial charge in [0.05, 0.1) is 21.0 Å².